The van der Waals surface area contributed by atoms with Gasteiger partial charge in [0, 0.05) is 38.8 Å². The van der Waals surface area contributed by atoms with E-state index in [1.807, 2.05) is 6.07 Å². The summed E-state index contributed by atoms with van der Waals surface area (Å²) in [6.45, 7) is 1.42. The summed E-state index contributed by atoms with van der Waals surface area (Å²) in [6.07, 6.45) is -4.36. The quantitative estimate of drug-likeness (QED) is 0.857. The van der Waals surface area contributed by atoms with Crippen molar-refractivity contribution in [3.8, 4) is 0 Å². The van der Waals surface area contributed by atoms with Crippen molar-refractivity contribution >= 4 is 5.69 Å². The highest BCUT2D eigenvalue weighted by Crippen LogP contribution is 2.43. The van der Waals surface area contributed by atoms with E-state index < -0.39 is 11.7 Å². The highest BCUT2D eigenvalue weighted by molar-refractivity contribution is 5.56. The zero-order chi connectivity index (χ0) is 14.5. The summed E-state index contributed by atoms with van der Waals surface area (Å²) in [6, 6.07) is 3.09. The number of halogens is 3. The summed E-state index contributed by atoms with van der Waals surface area (Å²) in [7, 11) is 3.51. The first-order chi connectivity index (χ1) is 9.38. The molecular formula is C14H17F3N2O. The van der Waals surface area contributed by atoms with Crippen molar-refractivity contribution in [3.63, 3.8) is 0 Å². The standard InChI is InChI=1S/C14H17F3N2O/c1-19(2)8-3-9-10-5-18-6-13(10)20-7-11(9)12(4-8)14(15,16)17/h3-4,10,13,18H,5-7H2,1-2H3. The summed E-state index contributed by atoms with van der Waals surface area (Å²) in [5.41, 5.74) is 1.10. The van der Waals surface area contributed by atoms with Crippen molar-refractivity contribution in [1.29, 1.82) is 0 Å². The minimum Gasteiger partial charge on any atom is -0.378 e. The molecule has 0 bridgehead atoms. The van der Waals surface area contributed by atoms with Crippen molar-refractivity contribution in [2.24, 2.45) is 0 Å². The minimum absolute atomic E-state index is 0.0130. The molecule has 6 heteroatoms. The van der Waals surface area contributed by atoms with Gasteiger partial charge in [0.2, 0.25) is 0 Å². The fraction of sp³-hybridized carbons (Fsp3) is 0.571. The molecule has 2 atom stereocenters. The lowest BCUT2D eigenvalue weighted by Crippen LogP contribution is -2.29. The third-order valence-corrected chi connectivity index (χ3v) is 4.09. The molecule has 20 heavy (non-hydrogen) atoms. The predicted octanol–water partition coefficient (Wildman–Crippen LogP) is 2.36. The molecule has 1 aromatic carbocycles. The van der Waals surface area contributed by atoms with Gasteiger partial charge < -0.3 is 15.0 Å². The number of nitrogens with one attached hydrogen (secondary N) is 1. The van der Waals surface area contributed by atoms with Crippen LogP contribution in [-0.2, 0) is 17.5 Å². The Labute approximate surface area is 115 Å². The van der Waals surface area contributed by atoms with E-state index in [2.05, 4.69) is 5.32 Å². The number of hydrogen-bond acceptors (Lipinski definition) is 3. The Morgan fingerprint density at radius 1 is 1.25 bits per heavy atom. The lowest BCUT2D eigenvalue weighted by molar-refractivity contribution is -0.139. The van der Waals surface area contributed by atoms with Crippen LogP contribution in [0, 0.1) is 0 Å². The fourth-order valence-electron chi connectivity index (χ4n) is 3.01. The van der Waals surface area contributed by atoms with Gasteiger partial charge >= 0.3 is 6.18 Å². The van der Waals surface area contributed by atoms with Crippen LogP contribution in [0.1, 0.15) is 22.6 Å². The second-order valence-corrected chi connectivity index (χ2v) is 5.57. The van der Waals surface area contributed by atoms with Gasteiger partial charge in [0.25, 0.3) is 0 Å². The van der Waals surface area contributed by atoms with Crippen molar-refractivity contribution in [2.75, 3.05) is 32.1 Å². The number of fused-ring (bicyclic) bond motifs is 3. The average Bonchev–Trinajstić information content (AvgIpc) is 2.84. The summed E-state index contributed by atoms with van der Waals surface area (Å²) in [5.74, 6) is 0.0137. The van der Waals surface area contributed by atoms with Gasteiger partial charge in [-0.3, -0.25) is 0 Å². The number of benzene rings is 1. The molecule has 0 spiro atoms. The molecule has 2 heterocycles. The van der Waals surface area contributed by atoms with Crippen LogP contribution < -0.4 is 10.2 Å². The SMILES string of the molecule is CN(C)c1cc2c(c(C(F)(F)F)c1)COC1CNCC21. The van der Waals surface area contributed by atoms with Crippen molar-refractivity contribution in [3.05, 3.63) is 28.8 Å². The molecule has 1 fully saturated rings. The van der Waals surface area contributed by atoms with Crippen molar-refractivity contribution in [2.45, 2.75) is 24.8 Å². The molecule has 3 nitrogen and oxygen atoms in total. The molecule has 0 aromatic heterocycles. The van der Waals surface area contributed by atoms with E-state index in [0.29, 0.717) is 24.3 Å². The van der Waals surface area contributed by atoms with Crippen LogP contribution in [0.4, 0.5) is 18.9 Å². The third-order valence-electron chi connectivity index (χ3n) is 4.09. The Morgan fingerprint density at radius 3 is 2.65 bits per heavy atom. The molecule has 0 saturated carbocycles. The monoisotopic (exact) mass is 286 g/mol. The lowest BCUT2D eigenvalue weighted by Gasteiger charge is -2.31. The Bertz CT molecular complexity index is 528. The van der Waals surface area contributed by atoms with Crippen molar-refractivity contribution in [1.82, 2.24) is 5.32 Å². The molecule has 2 unspecified atom stereocenters. The smallest absolute Gasteiger partial charge is 0.378 e. The zero-order valence-electron chi connectivity index (χ0n) is 11.4. The number of nitrogens with zero attached hydrogens (tertiary/aromatic N) is 1. The molecule has 1 N–H and O–H groups in total. The maximum Gasteiger partial charge on any atom is 0.416 e. The van der Waals surface area contributed by atoms with Gasteiger partial charge in [-0.25, -0.2) is 0 Å². The van der Waals surface area contributed by atoms with Gasteiger partial charge in [-0.2, -0.15) is 13.2 Å². The molecule has 1 saturated heterocycles. The van der Waals surface area contributed by atoms with E-state index in [-0.39, 0.29) is 18.6 Å². The van der Waals surface area contributed by atoms with Crippen LogP contribution in [0.5, 0.6) is 0 Å². The highest BCUT2D eigenvalue weighted by atomic mass is 19.4. The first-order valence-electron chi connectivity index (χ1n) is 6.61. The van der Waals surface area contributed by atoms with Crippen LogP contribution in [0.3, 0.4) is 0 Å². The molecule has 0 amide bonds. The maximum absolute atomic E-state index is 13.3. The Balaban J connectivity index is 2.17. The fourth-order valence-corrected chi connectivity index (χ4v) is 3.01. The number of rotatable bonds is 1. The Morgan fingerprint density at radius 2 is 2.00 bits per heavy atom. The van der Waals surface area contributed by atoms with E-state index in [1.165, 1.54) is 6.07 Å². The second-order valence-electron chi connectivity index (χ2n) is 5.57. The molecule has 110 valence electrons. The largest absolute Gasteiger partial charge is 0.416 e. The molecule has 2 aliphatic rings. The summed E-state index contributed by atoms with van der Waals surface area (Å²) < 4.78 is 45.4. The van der Waals surface area contributed by atoms with E-state index in [0.717, 1.165) is 5.56 Å². The zero-order valence-corrected chi connectivity index (χ0v) is 11.4. The predicted molar refractivity (Wildman–Crippen MR) is 70.0 cm³/mol. The minimum atomic E-state index is -4.35. The van der Waals surface area contributed by atoms with Gasteiger partial charge in [0.15, 0.2) is 0 Å². The molecular weight excluding hydrogens is 269 g/mol. The molecule has 0 radical (unpaired) electrons. The summed E-state index contributed by atoms with van der Waals surface area (Å²) in [5, 5.41) is 3.19. The first-order valence-corrected chi connectivity index (χ1v) is 6.61. The maximum atomic E-state index is 13.3. The lowest BCUT2D eigenvalue weighted by atomic mass is 9.86. The van der Waals surface area contributed by atoms with Crippen LogP contribution in [0.25, 0.3) is 0 Å². The van der Waals surface area contributed by atoms with Gasteiger partial charge in [-0.1, -0.05) is 0 Å². The topological polar surface area (TPSA) is 24.5 Å². The van der Waals surface area contributed by atoms with Gasteiger partial charge in [-0.05, 0) is 23.3 Å². The van der Waals surface area contributed by atoms with Gasteiger partial charge in [0.05, 0.1) is 18.3 Å². The number of alkyl halides is 3. The third kappa shape index (κ3) is 2.16. The van der Waals surface area contributed by atoms with Crippen LogP contribution >= 0.6 is 0 Å². The van der Waals surface area contributed by atoms with E-state index in [4.69, 9.17) is 4.74 Å². The number of hydrogen-bond donors (Lipinski definition) is 1. The van der Waals surface area contributed by atoms with Crippen LogP contribution in [-0.4, -0.2) is 33.3 Å². The molecule has 3 rings (SSSR count). The molecule has 0 aliphatic carbocycles. The van der Waals surface area contributed by atoms with Crippen LogP contribution in [0.2, 0.25) is 0 Å². The van der Waals surface area contributed by atoms with E-state index >= 15 is 0 Å². The first kappa shape index (κ1) is 13.7. The second kappa shape index (κ2) is 4.63. The summed E-state index contributed by atoms with van der Waals surface area (Å²) in [4.78, 5) is 1.71. The molecule has 2 aliphatic heterocycles. The number of ether oxygens (including phenoxy) is 1. The van der Waals surface area contributed by atoms with E-state index in [1.54, 1.807) is 19.0 Å². The normalized spacial score (nSPS) is 25.2. The highest BCUT2D eigenvalue weighted by Gasteiger charge is 2.41. The Hall–Kier alpha value is -1.27. The van der Waals surface area contributed by atoms with Crippen LogP contribution in [0.15, 0.2) is 12.1 Å². The Kier molecular flexibility index (Phi) is 3.17. The van der Waals surface area contributed by atoms with Gasteiger partial charge in [0.1, 0.15) is 0 Å². The molecule has 1 aromatic rings. The summed E-state index contributed by atoms with van der Waals surface area (Å²) >= 11 is 0. The van der Waals surface area contributed by atoms with Gasteiger partial charge in [-0.15, -0.1) is 0 Å². The average molecular weight is 286 g/mol. The van der Waals surface area contributed by atoms with Crippen molar-refractivity contribution < 1.29 is 17.9 Å². The van der Waals surface area contributed by atoms with E-state index in [9.17, 15) is 13.2 Å². The number of anilines is 1.